The smallest absolute Gasteiger partial charge is 0.496 e. The first-order valence-electron chi connectivity index (χ1n) is 25.2. The molecular weight excluding hydrogens is 1010 g/mol. The highest BCUT2D eigenvalue weighted by molar-refractivity contribution is 6.07. The van der Waals surface area contributed by atoms with E-state index < -0.39 is 41.2 Å². The molecule has 10 rings (SSSR count). The lowest BCUT2D eigenvalue weighted by Crippen LogP contribution is -2.52. The van der Waals surface area contributed by atoms with Gasteiger partial charge in [-0.25, -0.2) is 14.4 Å². The molecular formula is C55H54F4N8O10. The molecule has 22 heteroatoms. The Hall–Kier alpha value is -7.98. The number of piperidine rings is 3. The number of rotatable bonds is 14. The fourth-order valence-electron chi connectivity index (χ4n) is 10.9. The minimum Gasteiger partial charge on any atom is -0.496 e. The van der Waals surface area contributed by atoms with Gasteiger partial charge in [-0.15, -0.1) is 13.2 Å². The third-order valence-corrected chi connectivity index (χ3v) is 15.4. The zero-order valence-electron chi connectivity index (χ0n) is 42.4. The predicted octanol–water partition coefficient (Wildman–Crippen LogP) is 7.22. The normalized spacial score (nSPS) is 17.7. The van der Waals surface area contributed by atoms with Crippen LogP contribution < -0.4 is 30.3 Å². The summed E-state index contributed by atoms with van der Waals surface area (Å²) in [6.45, 7) is 6.60. The molecule has 4 aliphatic heterocycles. The first-order valence-corrected chi connectivity index (χ1v) is 25.2. The number of aromatic nitrogens is 3. The second-order valence-corrected chi connectivity index (χ2v) is 19.9. The number of likely N-dealkylation sites (tertiary alicyclic amines) is 2. The van der Waals surface area contributed by atoms with Gasteiger partial charge in [-0.1, -0.05) is 0 Å². The van der Waals surface area contributed by atoms with E-state index in [4.69, 9.17) is 14.2 Å². The van der Waals surface area contributed by atoms with Gasteiger partial charge in [0.2, 0.25) is 23.1 Å². The second-order valence-electron chi connectivity index (χ2n) is 19.9. The van der Waals surface area contributed by atoms with Crippen LogP contribution in [0.15, 0.2) is 77.9 Å². The average Bonchev–Trinajstić information content (AvgIpc) is 3.74. The summed E-state index contributed by atoms with van der Waals surface area (Å²) in [5, 5.41) is 5.08. The summed E-state index contributed by atoms with van der Waals surface area (Å²) < 4.78 is 77.6. The topological polar surface area (TPSA) is 204 Å². The molecule has 2 aromatic heterocycles. The lowest BCUT2D eigenvalue weighted by Gasteiger charge is -2.47. The molecule has 0 saturated carbocycles. The molecule has 1 atom stereocenters. The number of fused-ring (bicyclic) bond motifs is 3. The van der Waals surface area contributed by atoms with E-state index in [1.165, 1.54) is 48.0 Å². The third-order valence-electron chi connectivity index (χ3n) is 15.4. The summed E-state index contributed by atoms with van der Waals surface area (Å²) in [6.07, 6.45) is 1.14. The van der Waals surface area contributed by atoms with E-state index in [1.54, 1.807) is 31.3 Å². The molecule has 5 amide bonds. The van der Waals surface area contributed by atoms with Crippen molar-refractivity contribution in [2.75, 3.05) is 58.4 Å². The molecule has 4 aromatic carbocycles. The fourth-order valence-corrected chi connectivity index (χ4v) is 10.9. The molecule has 3 saturated heterocycles. The number of nitrogens with zero attached hydrogens (tertiary/aromatic N) is 6. The zero-order chi connectivity index (χ0) is 54.3. The molecule has 0 aliphatic carbocycles. The van der Waals surface area contributed by atoms with Crippen molar-refractivity contribution in [1.82, 2.24) is 34.6 Å². The summed E-state index contributed by atoms with van der Waals surface area (Å²) in [6, 6.07) is 14.9. The van der Waals surface area contributed by atoms with Crippen molar-refractivity contribution in [2.45, 2.75) is 70.8 Å². The maximum atomic E-state index is 15.6. The summed E-state index contributed by atoms with van der Waals surface area (Å²) in [7, 11) is 3.08. The lowest BCUT2D eigenvalue weighted by atomic mass is 9.71. The number of imide groups is 1. The number of carbonyl (C=O) groups is 5. The van der Waals surface area contributed by atoms with Crippen molar-refractivity contribution >= 4 is 57.0 Å². The van der Waals surface area contributed by atoms with E-state index in [9.17, 15) is 41.9 Å². The fraction of sp³-hybridized carbons (Fsp3) is 0.382. The molecule has 6 heterocycles. The van der Waals surface area contributed by atoms with Crippen LogP contribution in [0.25, 0.3) is 21.8 Å². The molecule has 1 spiro atoms. The van der Waals surface area contributed by atoms with Crippen molar-refractivity contribution in [3.63, 3.8) is 0 Å². The van der Waals surface area contributed by atoms with Crippen LogP contribution in [0.4, 0.5) is 23.2 Å². The van der Waals surface area contributed by atoms with E-state index in [0.29, 0.717) is 66.1 Å². The molecule has 1 unspecified atom stereocenters. The Kier molecular flexibility index (Phi) is 14.5. The van der Waals surface area contributed by atoms with Gasteiger partial charge in [0.05, 0.1) is 42.1 Å². The summed E-state index contributed by atoms with van der Waals surface area (Å²) in [5.41, 5.74) is 2.51. The van der Waals surface area contributed by atoms with Gasteiger partial charge in [0.25, 0.3) is 17.7 Å². The van der Waals surface area contributed by atoms with Gasteiger partial charge in [-0.05, 0) is 136 Å². The third kappa shape index (κ3) is 10.9. The lowest BCUT2D eigenvalue weighted by molar-refractivity contribution is -0.274. The molecule has 6 aromatic rings. The molecule has 4 aliphatic rings. The second kappa shape index (κ2) is 21.2. The standard InChI is InChI=1S/C55H54F4N8O10/c1-31-47(48(69)39-27-36(77-55(57,58)59)6-8-42(39)64(31)2)50(71)62-35-5-10-44(40(56)26-35)76-51-38-28-45(74-3)32(25-41(38)60-30-61-51)12-22-75-23-21-65-17-13-54(14-18-65)15-19-66(20-16-54)52(72)33-4-7-37-34(24-33)29-67(53(37)73)43-9-11-46(68)63-49(43)70/h4-8,10,24-28,30,43H,9,11-23,29H2,1-3H3,(H,62,71)(H,63,68,70). The van der Waals surface area contributed by atoms with Gasteiger partial charge in [-0.2, -0.15) is 0 Å². The highest BCUT2D eigenvalue weighted by Gasteiger charge is 2.41. The van der Waals surface area contributed by atoms with Crippen LogP contribution in [-0.4, -0.2) is 124 Å². The first kappa shape index (κ1) is 52.5. The van der Waals surface area contributed by atoms with Crippen LogP contribution in [0.5, 0.6) is 23.1 Å². The van der Waals surface area contributed by atoms with Gasteiger partial charge in [0.1, 0.15) is 29.4 Å². The number of halogens is 4. The Morgan fingerprint density at radius 2 is 1.65 bits per heavy atom. The van der Waals surface area contributed by atoms with Crippen molar-refractivity contribution in [1.29, 1.82) is 0 Å². The number of aryl methyl sites for hydroxylation is 1. The number of methoxy groups -OCH3 is 1. The number of amides is 5. The van der Waals surface area contributed by atoms with E-state index in [2.05, 4.69) is 30.2 Å². The van der Waals surface area contributed by atoms with Gasteiger partial charge >= 0.3 is 6.36 Å². The number of carbonyl (C=O) groups excluding carboxylic acids is 5. The molecule has 0 radical (unpaired) electrons. The van der Waals surface area contributed by atoms with Gasteiger partial charge in [0.15, 0.2) is 11.6 Å². The summed E-state index contributed by atoms with van der Waals surface area (Å²) in [4.78, 5) is 92.4. The molecule has 77 heavy (non-hydrogen) atoms. The molecule has 3 fully saturated rings. The van der Waals surface area contributed by atoms with Gasteiger partial charge in [-0.3, -0.25) is 34.1 Å². The number of hydrogen-bond acceptors (Lipinski definition) is 13. The van der Waals surface area contributed by atoms with E-state index in [-0.39, 0.29) is 82.0 Å². The summed E-state index contributed by atoms with van der Waals surface area (Å²) >= 11 is 0. The largest absolute Gasteiger partial charge is 0.573 e. The van der Waals surface area contributed by atoms with Crippen molar-refractivity contribution in [3.05, 3.63) is 123 Å². The molecule has 2 N–H and O–H groups in total. The van der Waals surface area contributed by atoms with E-state index in [1.807, 2.05) is 11.0 Å². The minimum absolute atomic E-state index is 0.0240. The predicted molar refractivity (Wildman–Crippen MR) is 271 cm³/mol. The van der Waals surface area contributed by atoms with Crippen LogP contribution in [0.2, 0.25) is 0 Å². The SMILES string of the molecule is COc1cc2c(Oc3ccc(NC(=O)c4c(C)n(C)c5ccc(OC(F)(F)F)cc5c4=O)cc3F)ncnc2cc1CCOCCN1CCC2(CC1)CCN(C(=O)c1ccc3c(c1)CN(C1CCC(=O)NC1=O)C3=O)CC2. The first-order chi connectivity index (χ1) is 36.9. The van der Waals surface area contributed by atoms with Crippen LogP contribution >= 0.6 is 0 Å². The molecule has 0 bridgehead atoms. The van der Waals surface area contributed by atoms with Gasteiger partial charge < -0.3 is 43.5 Å². The maximum absolute atomic E-state index is 15.6. The Morgan fingerprint density at radius 3 is 2.38 bits per heavy atom. The monoisotopic (exact) mass is 1060 g/mol. The van der Waals surface area contributed by atoms with Crippen LogP contribution in [-0.2, 0) is 34.3 Å². The number of benzene rings is 4. The Labute approximate surface area is 438 Å². The van der Waals surface area contributed by atoms with E-state index in [0.717, 1.165) is 69.1 Å². The van der Waals surface area contributed by atoms with Crippen LogP contribution in [0.3, 0.4) is 0 Å². The Morgan fingerprint density at radius 1 is 0.883 bits per heavy atom. The molecule has 402 valence electrons. The van der Waals surface area contributed by atoms with Gasteiger partial charge in [0, 0.05) is 68.2 Å². The zero-order valence-corrected chi connectivity index (χ0v) is 42.4. The number of hydrogen-bond donors (Lipinski definition) is 2. The summed E-state index contributed by atoms with van der Waals surface area (Å²) in [5.74, 6) is -3.22. The maximum Gasteiger partial charge on any atom is 0.573 e. The average molecular weight is 1060 g/mol. The van der Waals surface area contributed by atoms with Crippen LogP contribution in [0.1, 0.15) is 86.4 Å². The molecule has 18 nitrogen and oxygen atoms in total. The number of ether oxygens (including phenoxy) is 4. The van der Waals surface area contributed by atoms with Crippen LogP contribution in [0, 0.1) is 18.2 Å². The number of pyridine rings is 1. The quantitative estimate of drug-likeness (QED) is 0.0629. The van der Waals surface area contributed by atoms with E-state index >= 15 is 4.39 Å². The van der Waals surface area contributed by atoms with Crippen molar-refractivity contribution in [3.8, 4) is 23.1 Å². The highest BCUT2D eigenvalue weighted by Crippen LogP contribution is 2.42. The number of anilines is 1. The Balaban J connectivity index is 0.685. The van der Waals surface area contributed by atoms with Crippen molar-refractivity contribution < 1.29 is 60.5 Å². The number of alkyl halides is 3. The number of nitrogens with one attached hydrogen (secondary N) is 2. The van der Waals surface area contributed by atoms with Crippen molar-refractivity contribution in [2.24, 2.45) is 12.5 Å². The Bertz CT molecular complexity index is 3420. The minimum atomic E-state index is -4.99. The highest BCUT2D eigenvalue weighted by atomic mass is 19.4.